The van der Waals surface area contributed by atoms with Crippen LogP contribution in [0, 0.1) is 23.2 Å². The molecule has 0 radical (unpaired) electrons. The van der Waals surface area contributed by atoms with Gasteiger partial charge < -0.3 is 9.84 Å². The Kier molecular flexibility index (Phi) is 5.20. The number of para-hydroxylation sites is 1. The Morgan fingerprint density at radius 3 is 2.85 bits per heavy atom. The molecule has 0 aliphatic carbocycles. The average Bonchev–Trinajstić information content (AvgIpc) is 2.93. The standard InChI is InChI=1S/C16H13NO2S/c17-11-13-5-1-2-7-16(13)19-12-15-9-8-14(20-15)6-3-4-10-18/h1-2,5,7-9,18H,4,10,12H2. The minimum atomic E-state index is 0.0826. The van der Waals surface area contributed by atoms with Gasteiger partial charge in [0, 0.05) is 11.3 Å². The van der Waals surface area contributed by atoms with E-state index in [1.165, 1.54) is 0 Å². The SMILES string of the molecule is N#Cc1ccccc1OCc1ccc(C#CCCO)s1. The van der Waals surface area contributed by atoms with Crippen molar-refractivity contribution < 1.29 is 9.84 Å². The summed E-state index contributed by atoms with van der Waals surface area (Å²) in [6.45, 7) is 0.504. The van der Waals surface area contributed by atoms with Gasteiger partial charge in [-0.2, -0.15) is 5.26 Å². The Morgan fingerprint density at radius 2 is 2.05 bits per heavy atom. The van der Waals surface area contributed by atoms with E-state index >= 15 is 0 Å². The molecule has 0 spiro atoms. The first kappa shape index (κ1) is 14.1. The molecule has 1 heterocycles. The fourth-order valence-corrected chi connectivity index (χ4v) is 2.36. The molecule has 1 N–H and O–H groups in total. The van der Waals surface area contributed by atoms with E-state index < -0.39 is 0 Å². The smallest absolute Gasteiger partial charge is 0.137 e. The van der Waals surface area contributed by atoms with E-state index in [0.29, 0.717) is 24.3 Å². The third-order valence-electron chi connectivity index (χ3n) is 2.49. The molecule has 0 aliphatic heterocycles. The fraction of sp³-hybridized carbons (Fsp3) is 0.188. The van der Waals surface area contributed by atoms with Gasteiger partial charge in [-0.3, -0.25) is 0 Å². The van der Waals surface area contributed by atoms with Gasteiger partial charge in [0.05, 0.1) is 17.0 Å². The van der Waals surface area contributed by atoms with Crippen LogP contribution in [-0.4, -0.2) is 11.7 Å². The normalized spacial score (nSPS) is 9.40. The molecule has 1 aromatic heterocycles. The number of aliphatic hydroxyl groups excluding tert-OH is 1. The predicted molar refractivity (Wildman–Crippen MR) is 78.4 cm³/mol. The van der Waals surface area contributed by atoms with Gasteiger partial charge in [0.2, 0.25) is 0 Å². The van der Waals surface area contributed by atoms with Crippen molar-refractivity contribution >= 4 is 11.3 Å². The third-order valence-corrected chi connectivity index (χ3v) is 3.46. The van der Waals surface area contributed by atoms with E-state index in [2.05, 4.69) is 17.9 Å². The summed E-state index contributed by atoms with van der Waals surface area (Å²) in [5.41, 5.74) is 0.534. The van der Waals surface area contributed by atoms with Crippen LogP contribution in [0.25, 0.3) is 0 Å². The van der Waals surface area contributed by atoms with Crippen molar-refractivity contribution in [3.63, 3.8) is 0 Å². The number of nitrogens with zero attached hydrogens (tertiary/aromatic N) is 1. The molecule has 2 rings (SSSR count). The first-order valence-corrected chi connectivity index (χ1v) is 6.95. The molecule has 1 aromatic carbocycles. The summed E-state index contributed by atoms with van der Waals surface area (Å²) in [4.78, 5) is 2.00. The topological polar surface area (TPSA) is 53.2 Å². The molecule has 0 unspecified atom stereocenters. The van der Waals surface area contributed by atoms with E-state index in [1.54, 1.807) is 23.5 Å². The molecular weight excluding hydrogens is 270 g/mol. The number of hydrogen-bond acceptors (Lipinski definition) is 4. The van der Waals surface area contributed by atoms with Crippen LogP contribution in [0.4, 0.5) is 0 Å². The monoisotopic (exact) mass is 283 g/mol. The lowest BCUT2D eigenvalue weighted by Gasteiger charge is -2.05. The summed E-state index contributed by atoms with van der Waals surface area (Å²) in [5, 5.41) is 17.6. The summed E-state index contributed by atoms with van der Waals surface area (Å²) in [6, 6.07) is 13.2. The molecule has 0 saturated carbocycles. The highest BCUT2D eigenvalue weighted by Crippen LogP contribution is 2.21. The molecule has 20 heavy (non-hydrogen) atoms. The van der Waals surface area contributed by atoms with Crippen molar-refractivity contribution in [2.24, 2.45) is 0 Å². The van der Waals surface area contributed by atoms with Crippen molar-refractivity contribution in [1.29, 1.82) is 5.26 Å². The minimum absolute atomic E-state index is 0.0826. The molecule has 4 heteroatoms. The summed E-state index contributed by atoms with van der Waals surface area (Å²) < 4.78 is 5.65. The van der Waals surface area contributed by atoms with Gasteiger partial charge in [-0.05, 0) is 24.3 Å². The summed E-state index contributed by atoms with van der Waals surface area (Å²) in [6.07, 6.45) is 0.485. The Labute approximate surface area is 122 Å². The molecule has 3 nitrogen and oxygen atoms in total. The summed E-state index contributed by atoms with van der Waals surface area (Å²) >= 11 is 1.55. The highest BCUT2D eigenvalue weighted by molar-refractivity contribution is 7.12. The molecular formula is C16H13NO2S. The lowest BCUT2D eigenvalue weighted by molar-refractivity contribution is 0.305. The Balaban J connectivity index is 1.98. The lowest BCUT2D eigenvalue weighted by Crippen LogP contribution is -1.94. The molecule has 100 valence electrons. The van der Waals surface area contributed by atoms with Crippen LogP contribution in [0.15, 0.2) is 36.4 Å². The fourth-order valence-electron chi connectivity index (χ4n) is 1.56. The van der Waals surface area contributed by atoms with Gasteiger partial charge in [-0.15, -0.1) is 11.3 Å². The number of nitriles is 1. The van der Waals surface area contributed by atoms with Gasteiger partial charge in [0.25, 0.3) is 0 Å². The second kappa shape index (κ2) is 7.35. The van der Waals surface area contributed by atoms with Crippen LogP contribution in [0.5, 0.6) is 5.75 Å². The summed E-state index contributed by atoms with van der Waals surface area (Å²) in [7, 11) is 0. The third kappa shape index (κ3) is 3.86. The zero-order valence-corrected chi connectivity index (χ0v) is 11.6. The number of ether oxygens (including phenoxy) is 1. The largest absolute Gasteiger partial charge is 0.487 e. The van der Waals surface area contributed by atoms with Crippen LogP contribution < -0.4 is 4.74 Å². The van der Waals surface area contributed by atoms with Gasteiger partial charge in [-0.25, -0.2) is 0 Å². The molecule has 2 aromatic rings. The Morgan fingerprint density at radius 1 is 1.20 bits per heavy atom. The number of rotatable bonds is 4. The zero-order chi connectivity index (χ0) is 14.2. The van der Waals surface area contributed by atoms with Crippen molar-refractivity contribution in [1.82, 2.24) is 0 Å². The van der Waals surface area contributed by atoms with E-state index in [-0.39, 0.29) is 6.61 Å². The molecule has 0 fully saturated rings. The first-order valence-electron chi connectivity index (χ1n) is 6.14. The highest BCUT2D eigenvalue weighted by Gasteiger charge is 2.03. The number of benzene rings is 1. The second-order valence-electron chi connectivity index (χ2n) is 3.94. The van der Waals surface area contributed by atoms with Gasteiger partial charge in [0.15, 0.2) is 0 Å². The lowest BCUT2D eigenvalue weighted by atomic mass is 10.2. The van der Waals surface area contributed by atoms with E-state index in [9.17, 15) is 0 Å². The van der Waals surface area contributed by atoms with Crippen molar-refractivity contribution in [2.45, 2.75) is 13.0 Å². The van der Waals surface area contributed by atoms with E-state index in [1.807, 2.05) is 24.3 Å². The van der Waals surface area contributed by atoms with Crippen LogP contribution in [0.1, 0.15) is 21.7 Å². The van der Waals surface area contributed by atoms with Gasteiger partial charge >= 0.3 is 0 Å². The predicted octanol–water partition coefficient (Wildman–Crippen LogP) is 2.93. The Hall–Kier alpha value is -2.27. The molecule has 0 amide bonds. The van der Waals surface area contributed by atoms with Gasteiger partial charge in [-0.1, -0.05) is 24.0 Å². The maximum atomic E-state index is 8.97. The van der Waals surface area contributed by atoms with Gasteiger partial charge in [0.1, 0.15) is 18.4 Å². The number of aliphatic hydroxyl groups is 1. The van der Waals surface area contributed by atoms with Crippen LogP contribution >= 0.6 is 11.3 Å². The molecule has 0 saturated heterocycles. The van der Waals surface area contributed by atoms with Crippen molar-refractivity contribution in [3.8, 4) is 23.7 Å². The molecule has 0 atom stereocenters. The first-order chi connectivity index (χ1) is 9.83. The molecule has 0 bridgehead atoms. The second-order valence-corrected chi connectivity index (χ2v) is 5.11. The summed E-state index contributed by atoms with van der Waals surface area (Å²) in [5.74, 6) is 6.46. The number of thiophene rings is 1. The quantitative estimate of drug-likeness (QED) is 0.878. The van der Waals surface area contributed by atoms with Crippen LogP contribution in [0.3, 0.4) is 0 Å². The highest BCUT2D eigenvalue weighted by atomic mass is 32.1. The number of hydrogen-bond donors (Lipinski definition) is 1. The van der Waals surface area contributed by atoms with E-state index in [0.717, 1.165) is 9.75 Å². The van der Waals surface area contributed by atoms with E-state index in [4.69, 9.17) is 15.1 Å². The Bertz CT molecular complexity index is 674. The van der Waals surface area contributed by atoms with Crippen molar-refractivity contribution in [2.75, 3.05) is 6.61 Å². The van der Waals surface area contributed by atoms with Crippen LogP contribution in [-0.2, 0) is 6.61 Å². The molecule has 0 aliphatic rings. The van der Waals surface area contributed by atoms with Crippen LogP contribution in [0.2, 0.25) is 0 Å². The average molecular weight is 283 g/mol. The zero-order valence-electron chi connectivity index (χ0n) is 10.8. The van der Waals surface area contributed by atoms with Crippen molar-refractivity contribution in [3.05, 3.63) is 51.7 Å². The maximum Gasteiger partial charge on any atom is 0.137 e. The minimum Gasteiger partial charge on any atom is -0.487 e. The maximum absolute atomic E-state index is 8.97.